The highest BCUT2D eigenvalue weighted by atomic mass is 79.9. The maximum atomic E-state index is 12.3. The molecule has 1 amide bonds. The monoisotopic (exact) mass is 430 g/mol. The van der Waals surface area contributed by atoms with E-state index in [0.29, 0.717) is 27.5 Å². The summed E-state index contributed by atoms with van der Waals surface area (Å²) < 4.78 is 26.6. The number of halogens is 2. The van der Waals surface area contributed by atoms with E-state index in [1.807, 2.05) is 0 Å². The molecule has 8 heteroatoms. The fourth-order valence-electron chi connectivity index (χ4n) is 1.97. The van der Waals surface area contributed by atoms with Crippen LogP contribution in [0.2, 0.25) is 5.02 Å². The molecule has 0 aromatic heterocycles. The second kappa shape index (κ2) is 7.55. The van der Waals surface area contributed by atoms with Crippen LogP contribution < -0.4 is 10.0 Å². The van der Waals surface area contributed by atoms with E-state index in [-0.39, 0.29) is 11.7 Å². The Labute approximate surface area is 154 Å². The molecule has 0 fully saturated rings. The minimum absolute atomic E-state index is 0.00695. The molecule has 0 saturated carbocycles. The Morgan fingerprint density at radius 2 is 1.92 bits per heavy atom. The van der Waals surface area contributed by atoms with Gasteiger partial charge < -0.3 is 5.32 Å². The van der Waals surface area contributed by atoms with Crippen LogP contribution in [0.25, 0.3) is 0 Å². The number of carbonyl (C=O) groups is 1. The number of benzene rings is 2. The summed E-state index contributed by atoms with van der Waals surface area (Å²) in [4.78, 5) is 12.3. The fourth-order valence-corrected chi connectivity index (χ4v) is 3.44. The van der Waals surface area contributed by atoms with Gasteiger partial charge >= 0.3 is 0 Å². The van der Waals surface area contributed by atoms with Crippen molar-refractivity contribution >= 4 is 54.8 Å². The van der Waals surface area contributed by atoms with Crippen LogP contribution in [0.15, 0.2) is 40.9 Å². The number of aryl methyl sites for hydroxylation is 1. The minimum atomic E-state index is -3.34. The third kappa shape index (κ3) is 4.72. The first-order valence-electron chi connectivity index (χ1n) is 7.09. The summed E-state index contributed by atoms with van der Waals surface area (Å²) >= 11 is 9.36. The normalized spacial score (nSPS) is 11.2. The van der Waals surface area contributed by atoms with Gasteiger partial charge in [0.05, 0.1) is 22.0 Å². The lowest BCUT2D eigenvalue weighted by Gasteiger charge is -2.12. The molecule has 5 nitrogen and oxygen atoms in total. The molecule has 0 unspecified atom stereocenters. The molecule has 0 bridgehead atoms. The van der Waals surface area contributed by atoms with Crippen LogP contribution >= 0.6 is 27.5 Å². The molecule has 0 spiro atoms. The highest BCUT2D eigenvalue weighted by molar-refractivity contribution is 9.10. The highest BCUT2D eigenvalue weighted by Gasteiger charge is 2.13. The van der Waals surface area contributed by atoms with E-state index < -0.39 is 10.0 Å². The van der Waals surface area contributed by atoms with Gasteiger partial charge in [-0.15, -0.1) is 0 Å². The van der Waals surface area contributed by atoms with Crippen LogP contribution in [0.4, 0.5) is 11.4 Å². The Kier molecular flexibility index (Phi) is 5.90. The van der Waals surface area contributed by atoms with Gasteiger partial charge in [-0.3, -0.25) is 9.52 Å². The fraction of sp³-hybridized carbons (Fsp3) is 0.188. The van der Waals surface area contributed by atoms with E-state index in [0.717, 1.165) is 4.47 Å². The molecule has 24 heavy (non-hydrogen) atoms. The number of nitrogens with one attached hydrogen (secondary N) is 2. The summed E-state index contributed by atoms with van der Waals surface area (Å²) in [6.07, 6.45) is 0. The van der Waals surface area contributed by atoms with E-state index in [1.54, 1.807) is 50.2 Å². The van der Waals surface area contributed by atoms with Crippen molar-refractivity contribution < 1.29 is 13.2 Å². The van der Waals surface area contributed by atoms with Gasteiger partial charge in [-0.25, -0.2) is 8.42 Å². The van der Waals surface area contributed by atoms with Crippen LogP contribution in [-0.2, 0) is 10.0 Å². The lowest BCUT2D eigenvalue weighted by molar-refractivity contribution is 0.102. The summed E-state index contributed by atoms with van der Waals surface area (Å²) in [5, 5.41) is 3.09. The topological polar surface area (TPSA) is 75.3 Å². The van der Waals surface area contributed by atoms with E-state index in [1.165, 1.54) is 0 Å². The second-order valence-electron chi connectivity index (χ2n) is 5.11. The Bertz CT molecular complexity index is 885. The number of rotatable bonds is 5. The van der Waals surface area contributed by atoms with Gasteiger partial charge in [0.25, 0.3) is 5.91 Å². The van der Waals surface area contributed by atoms with E-state index in [2.05, 4.69) is 26.0 Å². The third-order valence-electron chi connectivity index (χ3n) is 3.31. The Balaban J connectivity index is 2.19. The van der Waals surface area contributed by atoms with Gasteiger partial charge in [0.15, 0.2) is 0 Å². The van der Waals surface area contributed by atoms with Crippen LogP contribution in [0, 0.1) is 6.92 Å². The van der Waals surface area contributed by atoms with E-state index in [4.69, 9.17) is 11.6 Å². The van der Waals surface area contributed by atoms with Crippen molar-refractivity contribution in [3.8, 4) is 0 Å². The van der Waals surface area contributed by atoms with Crippen molar-refractivity contribution in [1.29, 1.82) is 0 Å². The average Bonchev–Trinajstić information content (AvgIpc) is 2.50. The maximum Gasteiger partial charge on any atom is 0.257 e. The first kappa shape index (κ1) is 18.8. The first-order valence-corrected chi connectivity index (χ1v) is 9.91. The number of hydrogen-bond donors (Lipinski definition) is 2. The molecule has 128 valence electrons. The number of sulfonamides is 1. The van der Waals surface area contributed by atoms with Crippen LogP contribution in [-0.4, -0.2) is 20.1 Å². The molecule has 2 N–H and O–H groups in total. The van der Waals surface area contributed by atoms with Gasteiger partial charge in [-0.05, 0) is 55.8 Å². The number of anilines is 2. The summed E-state index contributed by atoms with van der Waals surface area (Å²) in [6.45, 7) is 3.32. The quantitative estimate of drug-likeness (QED) is 0.735. The van der Waals surface area contributed by atoms with E-state index >= 15 is 0 Å². The zero-order valence-corrected chi connectivity index (χ0v) is 16.2. The molecule has 2 aromatic carbocycles. The number of carbonyl (C=O) groups excluding carboxylic acids is 1. The van der Waals surface area contributed by atoms with Gasteiger partial charge in [0, 0.05) is 10.2 Å². The lowest BCUT2D eigenvalue weighted by atomic mass is 10.1. The van der Waals surface area contributed by atoms with E-state index in [9.17, 15) is 13.2 Å². The lowest BCUT2D eigenvalue weighted by Crippen LogP contribution is -2.16. The Hall–Kier alpha value is -1.57. The van der Waals surface area contributed by atoms with Gasteiger partial charge in [-0.1, -0.05) is 27.5 Å². The summed E-state index contributed by atoms with van der Waals surface area (Å²) in [7, 11) is -3.34. The largest absolute Gasteiger partial charge is 0.322 e. The molecule has 0 aliphatic carbocycles. The van der Waals surface area contributed by atoms with Crippen LogP contribution in [0.5, 0.6) is 0 Å². The summed E-state index contributed by atoms with van der Waals surface area (Å²) in [5.41, 5.74) is 2.09. The SMILES string of the molecule is CCS(=O)(=O)Nc1ccc(NC(=O)c2ccc(Br)cc2Cl)cc1C. The van der Waals surface area contributed by atoms with Crippen molar-refractivity contribution in [2.24, 2.45) is 0 Å². The summed E-state index contributed by atoms with van der Waals surface area (Å²) in [6, 6.07) is 9.93. The summed E-state index contributed by atoms with van der Waals surface area (Å²) in [5.74, 6) is -0.346. The van der Waals surface area contributed by atoms with Crippen molar-refractivity contribution in [1.82, 2.24) is 0 Å². The second-order valence-corrected chi connectivity index (χ2v) is 8.45. The average molecular weight is 432 g/mol. The first-order chi connectivity index (χ1) is 11.2. The Morgan fingerprint density at radius 1 is 1.21 bits per heavy atom. The third-order valence-corrected chi connectivity index (χ3v) is 5.40. The minimum Gasteiger partial charge on any atom is -0.322 e. The van der Waals surface area contributed by atoms with Crippen molar-refractivity contribution in [2.75, 3.05) is 15.8 Å². The van der Waals surface area contributed by atoms with Crippen molar-refractivity contribution in [3.63, 3.8) is 0 Å². The maximum absolute atomic E-state index is 12.3. The molecule has 0 atom stereocenters. The molecule has 0 radical (unpaired) electrons. The predicted molar refractivity (Wildman–Crippen MR) is 101 cm³/mol. The van der Waals surface area contributed by atoms with Gasteiger partial charge in [-0.2, -0.15) is 0 Å². The van der Waals surface area contributed by atoms with Gasteiger partial charge in [0.2, 0.25) is 10.0 Å². The molecule has 0 aliphatic heterocycles. The zero-order chi connectivity index (χ0) is 17.9. The molecular weight excluding hydrogens is 416 g/mol. The molecular formula is C16H16BrClN2O3S. The smallest absolute Gasteiger partial charge is 0.257 e. The van der Waals surface area contributed by atoms with Crippen molar-refractivity contribution in [2.45, 2.75) is 13.8 Å². The van der Waals surface area contributed by atoms with Crippen LogP contribution in [0.3, 0.4) is 0 Å². The number of hydrogen-bond acceptors (Lipinski definition) is 3. The Morgan fingerprint density at radius 3 is 2.50 bits per heavy atom. The molecule has 0 heterocycles. The van der Waals surface area contributed by atoms with Gasteiger partial charge in [0.1, 0.15) is 0 Å². The predicted octanol–water partition coefficient (Wildman–Crippen LogP) is 4.42. The molecule has 0 aliphatic rings. The zero-order valence-electron chi connectivity index (χ0n) is 13.1. The molecule has 0 saturated heterocycles. The number of amides is 1. The highest BCUT2D eigenvalue weighted by Crippen LogP contribution is 2.24. The van der Waals surface area contributed by atoms with Crippen molar-refractivity contribution in [3.05, 3.63) is 57.0 Å². The standard InChI is InChI=1S/C16H16BrClN2O3S/c1-3-24(22,23)20-15-7-5-12(8-10(15)2)19-16(21)13-6-4-11(17)9-14(13)18/h4-9,20H,3H2,1-2H3,(H,19,21). The molecule has 2 aromatic rings. The van der Waals surface area contributed by atoms with Crippen LogP contribution in [0.1, 0.15) is 22.8 Å². The molecule has 2 rings (SSSR count).